The SMILES string of the molecule is COc1ccccc1CN1CCn2nc(CNc3cnccn3)cc2C1. The molecule has 1 aromatic carbocycles. The predicted molar refractivity (Wildman–Crippen MR) is 98.7 cm³/mol. The summed E-state index contributed by atoms with van der Waals surface area (Å²) in [6, 6.07) is 10.4. The van der Waals surface area contributed by atoms with Crippen molar-refractivity contribution in [2.75, 3.05) is 19.0 Å². The van der Waals surface area contributed by atoms with Crippen molar-refractivity contribution in [2.45, 2.75) is 26.2 Å². The third-order valence-electron chi connectivity index (χ3n) is 4.53. The first-order valence-electron chi connectivity index (χ1n) is 8.71. The fraction of sp³-hybridized carbons (Fsp3) is 0.316. The lowest BCUT2D eigenvalue weighted by atomic mass is 10.1. The van der Waals surface area contributed by atoms with Crippen LogP contribution < -0.4 is 10.1 Å². The van der Waals surface area contributed by atoms with E-state index >= 15 is 0 Å². The molecule has 0 aliphatic carbocycles. The zero-order valence-corrected chi connectivity index (χ0v) is 14.8. The summed E-state index contributed by atoms with van der Waals surface area (Å²) >= 11 is 0. The molecule has 0 amide bonds. The first-order valence-corrected chi connectivity index (χ1v) is 8.71. The second-order valence-electron chi connectivity index (χ2n) is 6.32. The number of nitrogens with zero attached hydrogens (tertiary/aromatic N) is 5. The van der Waals surface area contributed by atoms with Crippen LogP contribution in [0.15, 0.2) is 48.9 Å². The molecule has 0 spiro atoms. The summed E-state index contributed by atoms with van der Waals surface area (Å²) in [6.45, 7) is 4.28. The Morgan fingerprint density at radius 3 is 2.96 bits per heavy atom. The largest absolute Gasteiger partial charge is 0.496 e. The van der Waals surface area contributed by atoms with Crippen molar-refractivity contribution in [3.05, 3.63) is 65.9 Å². The lowest BCUT2D eigenvalue weighted by molar-refractivity contribution is 0.202. The van der Waals surface area contributed by atoms with E-state index in [9.17, 15) is 0 Å². The van der Waals surface area contributed by atoms with Gasteiger partial charge in [-0.1, -0.05) is 18.2 Å². The van der Waals surface area contributed by atoms with Gasteiger partial charge in [0, 0.05) is 37.6 Å². The Bertz CT molecular complexity index is 863. The maximum absolute atomic E-state index is 5.47. The number of rotatable bonds is 6. The number of hydrogen-bond donors (Lipinski definition) is 1. The smallest absolute Gasteiger partial charge is 0.144 e. The fourth-order valence-electron chi connectivity index (χ4n) is 3.25. The summed E-state index contributed by atoms with van der Waals surface area (Å²) in [5.74, 6) is 1.71. The number of aromatic nitrogens is 4. The van der Waals surface area contributed by atoms with Gasteiger partial charge in [0.25, 0.3) is 0 Å². The minimum absolute atomic E-state index is 0.644. The van der Waals surface area contributed by atoms with E-state index in [-0.39, 0.29) is 0 Å². The minimum atomic E-state index is 0.644. The van der Waals surface area contributed by atoms with E-state index in [0.29, 0.717) is 6.54 Å². The Labute approximate surface area is 152 Å². The van der Waals surface area contributed by atoms with Gasteiger partial charge < -0.3 is 10.1 Å². The van der Waals surface area contributed by atoms with E-state index in [1.54, 1.807) is 25.7 Å². The van der Waals surface area contributed by atoms with E-state index in [1.807, 2.05) is 12.1 Å². The van der Waals surface area contributed by atoms with Gasteiger partial charge in [-0.25, -0.2) is 4.98 Å². The van der Waals surface area contributed by atoms with Crippen LogP contribution in [0.3, 0.4) is 0 Å². The van der Waals surface area contributed by atoms with E-state index in [0.717, 1.165) is 43.4 Å². The van der Waals surface area contributed by atoms with Crippen molar-refractivity contribution in [3.63, 3.8) is 0 Å². The van der Waals surface area contributed by atoms with Crippen LogP contribution in [0.5, 0.6) is 5.75 Å². The zero-order valence-electron chi connectivity index (χ0n) is 14.8. The van der Waals surface area contributed by atoms with Crippen molar-refractivity contribution in [2.24, 2.45) is 0 Å². The average molecular weight is 350 g/mol. The molecule has 0 saturated carbocycles. The van der Waals surface area contributed by atoms with Gasteiger partial charge in [0.1, 0.15) is 11.6 Å². The monoisotopic (exact) mass is 350 g/mol. The number of nitrogens with one attached hydrogen (secondary N) is 1. The highest BCUT2D eigenvalue weighted by Gasteiger charge is 2.19. The fourth-order valence-corrected chi connectivity index (χ4v) is 3.25. The molecule has 7 heteroatoms. The molecule has 4 rings (SSSR count). The van der Waals surface area contributed by atoms with Crippen LogP contribution in [0.1, 0.15) is 17.0 Å². The summed E-state index contributed by atoms with van der Waals surface area (Å²) in [4.78, 5) is 10.7. The van der Waals surface area contributed by atoms with Gasteiger partial charge in [-0.3, -0.25) is 14.6 Å². The quantitative estimate of drug-likeness (QED) is 0.736. The van der Waals surface area contributed by atoms with Crippen molar-refractivity contribution in [1.82, 2.24) is 24.6 Å². The molecule has 1 N–H and O–H groups in total. The third kappa shape index (κ3) is 3.67. The van der Waals surface area contributed by atoms with Crippen molar-refractivity contribution >= 4 is 5.82 Å². The number of benzene rings is 1. The van der Waals surface area contributed by atoms with E-state index in [1.165, 1.54) is 11.3 Å². The zero-order chi connectivity index (χ0) is 17.8. The molecule has 3 aromatic rings. The maximum Gasteiger partial charge on any atom is 0.144 e. The van der Waals surface area contributed by atoms with Gasteiger partial charge >= 0.3 is 0 Å². The molecule has 1 aliphatic rings. The molecule has 0 fully saturated rings. The summed E-state index contributed by atoms with van der Waals surface area (Å²) < 4.78 is 7.57. The number of para-hydroxylation sites is 1. The summed E-state index contributed by atoms with van der Waals surface area (Å²) in [5, 5.41) is 7.95. The lowest BCUT2D eigenvalue weighted by Gasteiger charge is -2.28. The first-order chi connectivity index (χ1) is 12.8. The number of hydrogen-bond acceptors (Lipinski definition) is 6. The van der Waals surface area contributed by atoms with Gasteiger partial charge in [0.05, 0.1) is 37.8 Å². The van der Waals surface area contributed by atoms with Gasteiger partial charge in [0.15, 0.2) is 0 Å². The molecular weight excluding hydrogens is 328 g/mol. The van der Waals surface area contributed by atoms with Gasteiger partial charge in [-0.15, -0.1) is 0 Å². The molecule has 0 atom stereocenters. The molecule has 0 bridgehead atoms. The number of fused-ring (bicyclic) bond motifs is 1. The summed E-state index contributed by atoms with van der Waals surface area (Å²) in [5.41, 5.74) is 3.47. The van der Waals surface area contributed by atoms with Crippen LogP contribution in [-0.4, -0.2) is 38.3 Å². The van der Waals surface area contributed by atoms with E-state index in [2.05, 4.69) is 43.1 Å². The molecule has 3 heterocycles. The number of anilines is 1. The topological polar surface area (TPSA) is 68.1 Å². The van der Waals surface area contributed by atoms with E-state index in [4.69, 9.17) is 9.84 Å². The number of ether oxygens (including phenoxy) is 1. The molecule has 0 radical (unpaired) electrons. The summed E-state index contributed by atoms with van der Waals surface area (Å²) in [6.07, 6.45) is 5.05. The summed E-state index contributed by atoms with van der Waals surface area (Å²) in [7, 11) is 1.72. The molecule has 1 aliphatic heterocycles. The van der Waals surface area contributed by atoms with Crippen LogP contribution in [0.25, 0.3) is 0 Å². The Kier molecular flexibility index (Phi) is 4.79. The van der Waals surface area contributed by atoms with Gasteiger partial charge in [-0.2, -0.15) is 5.10 Å². The van der Waals surface area contributed by atoms with Crippen LogP contribution in [0.4, 0.5) is 5.82 Å². The van der Waals surface area contributed by atoms with E-state index < -0.39 is 0 Å². The molecule has 7 nitrogen and oxygen atoms in total. The Hall–Kier alpha value is -2.93. The lowest BCUT2D eigenvalue weighted by Crippen LogP contribution is -2.33. The highest BCUT2D eigenvalue weighted by Crippen LogP contribution is 2.22. The number of methoxy groups -OCH3 is 1. The Morgan fingerprint density at radius 1 is 1.19 bits per heavy atom. The molecule has 2 aromatic heterocycles. The van der Waals surface area contributed by atoms with Crippen LogP contribution in [0.2, 0.25) is 0 Å². The highest BCUT2D eigenvalue weighted by molar-refractivity contribution is 5.33. The average Bonchev–Trinajstić information content (AvgIpc) is 3.10. The van der Waals surface area contributed by atoms with Crippen molar-refractivity contribution < 1.29 is 4.74 Å². The standard InChI is InChI=1S/C19H22N6O/c1-26-18-5-3-2-4-15(18)13-24-8-9-25-17(14-24)10-16(23-25)11-22-19-12-20-6-7-21-19/h2-7,10,12H,8-9,11,13-14H2,1H3,(H,21,22). The first kappa shape index (κ1) is 16.5. The highest BCUT2D eigenvalue weighted by atomic mass is 16.5. The second kappa shape index (κ2) is 7.53. The van der Waals surface area contributed by atoms with Gasteiger partial charge in [0.2, 0.25) is 0 Å². The van der Waals surface area contributed by atoms with Crippen LogP contribution in [-0.2, 0) is 26.2 Å². The normalized spacial score (nSPS) is 14.0. The predicted octanol–water partition coefficient (Wildman–Crippen LogP) is 2.31. The Balaban J connectivity index is 1.40. The third-order valence-corrected chi connectivity index (χ3v) is 4.53. The van der Waals surface area contributed by atoms with Gasteiger partial charge in [-0.05, 0) is 12.1 Å². The molecule has 0 saturated heterocycles. The molecular formula is C19H22N6O. The van der Waals surface area contributed by atoms with Crippen LogP contribution in [0, 0.1) is 0 Å². The Morgan fingerprint density at radius 2 is 2.12 bits per heavy atom. The van der Waals surface area contributed by atoms with Crippen molar-refractivity contribution in [3.8, 4) is 5.75 Å². The molecule has 26 heavy (non-hydrogen) atoms. The minimum Gasteiger partial charge on any atom is -0.496 e. The molecule has 0 unspecified atom stereocenters. The maximum atomic E-state index is 5.47. The van der Waals surface area contributed by atoms with Crippen LogP contribution >= 0.6 is 0 Å². The second-order valence-corrected chi connectivity index (χ2v) is 6.32. The van der Waals surface area contributed by atoms with Crippen molar-refractivity contribution in [1.29, 1.82) is 0 Å². The molecule has 134 valence electrons.